The lowest BCUT2D eigenvalue weighted by atomic mass is 9.94. The van der Waals surface area contributed by atoms with Crippen LogP contribution in [0.1, 0.15) is 117 Å². The number of anilines is 2. The van der Waals surface area contributed by atoms with Crippen LogP contribution in [0.4, 0.5) is 25.1 Å². The summed E-state index contributed by atoms with van der Waals surface area (Å²) >= 11 is 0. The molecule has 2 bridgehead atoms. The number of hydrogen-bond acceptors (Lipinski definition) is 16. The quantitative estimate of drug-likeness (QED) is 0.0714. The molecule has 12 rings (SSSR count). The van der Waals surface area contributed by atoms with Gasteiger partial charge in [-0.2, -0.15) is 9.97 Å². The predicted molar refractivity (Wildman–Crippen MR) is 323 cm³/mol. The fourth-order valence-electron chi connectivity index (χ4n) is 14.3. The second kappa shape index (κ2) is 24.3. The summed E-state index contributed by atoms with van der Waals surface area (Å²) in [4.78, 5) is 77.9. The zero-order valence-electron chi connectivity index (χ0n) is 50.8. The van der Waals surface area contributed by atoms with Gasteiger partial charge in [0.25, 0.3) is 0 Å². The zero-order chi connectivity index (χ0) is 60.3. The number of piperazine rings is 1. The Labute approximate surface area is 500 Å². The van der Waals surface area contributed by atoms with E-state index in [-0.39, 0.29) is 91.1 Å². The molecule has 6 aliphatic rings. The Balaban J connectivity index is 0.699. The van der Waals surface area contributed by atoms with Gasteiger partial charge in [-0.15, -0.1) is 0 Å². The van der Waals surface area contributed by atoms with Gasteiger partial charge >= 0.3 is 17.8 Å². The van der Waals surface area contributed by atoms with E-state index in [0.717, 1.165) is 95.4 Å². The smallest absolute Gasteiger partial charge is 0.410 e. The molecular weight excluding hydrogens is 1100 g/mol. The molecule has 0 saturated carbocycles. The number of likely N-dealkylation sites (tertiary alicyclic amines) is 2. The first-order chi connectivity index (χ1) is 41.3. The molecule has 3 aromatic carbocycles. The Morgan fingerprint density at radius 3 is 2.30 bits per heavy atom. The number of ether oxygens (including phenoxy) is 5. The molecule has 0 aliphatic carbocycles. The number of imidazole rings is 1. The Hall–Kier alpha value is -7.01. The fourth-order valence-corrected chi connectivity index (χ4v) is 14.3. The normalized spacial score (nSPS) is 23.0. The number of halogens is 2. The summed E-state index contributed by atoms with van der Waals surface area (Å²) in [6.45, 7) is 18.0. The van der Waals surface area contributed by atoms with Crippen LogP contribution in [0, 0.1) is 17.6 Å². The number of amides is 3. The molecule has 9 heterocycles. The predicted octanol–water partition coefficient (Wildman–Crippen LogP) is 8.78. The number of hydrogen-bond donors (Lipinski definition) is 1. The van der Waals surface area contributed by atoms with E-state index in [2.05, 4.69) is 44.1 Å². The number of imide groups is 1. The molecule has 0 radical (unpaired) electrons. The number of methoxy groups -OCH3 is 1. The molecule has 3 amide bonds. The van der Waals surface area contributed by atoms with Crippen LogP contribution in [0.5, 0.6) is 11.8 Å². The maximum absolute atomic E-state index is 17.7. The average molecular weight is 1190 g/mol. The molecule has 6 fully saturated rings. The minimum Gasteiger partial charge on any atom is -0.468 e. The molecule has 460 valence electrons. The molecule has 20 nitrogen and oxygen atoms in total. The van der Waals surface area contributed by atoms with Gasteiger partial charge in [0.05, 0.1) is 40.7 Å². The molecule has 6 aliphatic heterocycles. The van der Waals surface area contributed by atoms with Gasteiger partial charge in [0, 0.05) is 95.4 Å². The fraction of sp³-hybridized carbons (Fsp3) is 0.578. The molecular formula is C64H81F2N11O9. The molecule has 3 unspecified atom stereocenters. The van der Waals surface area contributed by atoms with Crippen LogP contribution in [0.25, 0.3) is 44.0 Å². The number of carbonyl (C=O) groups excluding carboxylic acids is 3. The average Bonchev–Trinajstić information content (AvgIpc) is 1.63. The summed E-state index contributed by atoms with van der Waals surface area (Å²) in [5.74, 6) is -0.411. The Kier molecular flexibility index (Phi) is 16.7. The van der Waals surface area contributed by atoms with Crippen molar-refractivity contribution in [2.24, 2.45) is 5.92 Å². The monoisotopic (exact) mass is 1190 g/mol. The van der Waals surface area contributed by atoms with E-state index in [0.29, 0.717) is 76.2 Å². The van der Waals surface area contributed by atoms with E-state index in [1.54, 1.807) is 33.5 Å². The van der Waals surface area contributed by atoms with Crippen LogP contribution in [0.15, 0.2) is 53.5 Å². The first kappa shape index (κ1) is 59.3. The number of nitrogens with one attached hydrogen (secondary N) is 1. The van der Waals surface area contributed by atoms with Crippen LogP contribution >= 0.6 is 0 Å². The summed E-state index contributed by atoms with van der Waals surface area (Å²) in [5.41, 5.74) is 2.46. The standard InChI is InChI=1S/C64H81F2N11O9/c1-9-47-50(65)14-10-39-26-45(84-36-82-8)29-48(55(39)47)57-56(66)58-49(30-67-57)59(74-32-41-11-12-42(33-74)76(41)63(81)86-64(4,5)6)70-61(69-58)83-35-43-27-46(34-71(43)7)85-44-20-22-72(23-21-44)31-38-18-24-73(25-19-38)40-13-15-51-53(28-40)75(37(2)3)62(80)77(51)52-16-17-54(78)68-60(52)79/h10,13-15,26,28-30,37-38,41-44,46,52H,9,11-12,16-25,27,31-36H2,1-8H3,(H,68,78,79)/t41?,42?,43-,46+,52?/m0/s1. The highest BCUT2D eigenvalue weighted by molar-refractivity contribution is 6.02. The van der Waals surface area contributed by atoms with Gasteiger partial charge in [-0.1, -0.05) is 13.0 Å². The highest BCUT2D eigenvalue weighted by Crippen LogP contribution is 2.42. The molecule has 3 aromatic heterocycles. The van der Waals surface area contributed by atoms with Gasteiger partial charge in [-0.25, -0.2) is 18.4 Å². The van der Waals surface area contributed by atoms with Gasteiger partial charge < -0.3 is 38.4 Å². The van der Waals surface area contributed by atoms with Gasteiger partial charge in [0.2, 0.25) is 11.8 Å². The Morgan fingerprint density at radius 2 is 1.60 bits per heavy atom. The summed E-state index contributed by atoms with van der Waals surface area (Å²) in [6.07, 6.45) is 8.59. The summed E-state index contributed by atoms with van der Waals surface area (Å²) in [6, 6.07) is 11.5. The molecule has 6 aromatic rings. The number of carbonyl (C=O) groups is 3. The number of likely N-dealkylation sites (N-methyl/N-ethyl adjacent to an activating group) is 1. The van der Waals surface area contributed by atoms with Gasteiger partial charge in [0.15, 0.2) is 12.6 Å². The van der Waals surface area contributed by atoms with Crippen molar-refractivity contribution in [1.29, 1.82) is 0 Å². The third-order valence-corrected chi connectivity index (χ3v) is 18.5. The van der Waals surface area contributed by atoms with Crippen LogP contribution in [0.2, 0.25) is 0 Å². The van der Waals surface area contributed by atoms with E-state index in [1.165, 1.54) is 13.2 Å². The minimum absolute atomic E-state index is 0.00661. The number of piperidine rings is 3. The SMILES string of the molecule is CCc1c(F)ccc2cc(OCOC)cc(-c3ncc4c(N5CC6CCC(C5)N6C(=O)OC(C)(C)C)nc(OC[C@@H]5C[C@@H](OC6CCN(CC7CCN(c8ccc9c(c8)n(C(C)C)c(=O)n9C8CCC(=O)NC8=O)CC7)CC6)CN5C)nc4c3F)c12. The van der Waals surface area contributed by atoms with Gasteiger partial charge in [-0.3, -0.25) is 38.8 Å². The summed E-state index contributed by atoms with van der Waals surface area (Å²) in [5, 5.41) is 3.99. The first-order valence-corrected chi connectivity index (χ1v) is 30.9. The van der Waals surface area contributed by atoms with Gasteiger partial charge in [0.1, 0.15) is 46.8 Å². The summed E-state index contributed by atoms with van der Waals surface area (Å²) in [7, 11) is 3.58. The number of aromatic nitrogens is 5. The molecule has 1 N–H and O–H groups in total. The topological polar surface area (TPSA) is 191 Å². The number of fused-ring (bicyclic) bond motifs is 5. The van der Waals surface area contributed by atoms with Crippen molar-refractivity contribution in [1.82, 2.24) is 44.1 Å². The van der Waals surface area contributed by atoms with Crippen molar-refractivity contribution >= 4 is 62.1 Å². The van der Waals surface area contributed by atoms with Crippen molar-refractivity contribution in [2.45, 2.75) is 154 Å². The van der Waals surface area contributed by atoms with Crippen LogP contribution in [-0.4, -0.2) is 173 Å². The number of rotatable bonds is 16. The third-order valence-electron chi connectivity index (χ3n) is 18.5. The van der Waals surface area contributed by atoms with Gasteiger partial charge in [-0.05, 0) is 158 Å². The molecule has 86 heavy (non-hydrogen) atoms. The minimum atomic E-state index is -0.722. The molecule has 22 heteroatoms. The number of benzene rings is 3. The zero-order valence-corrected chi connectivity index (χ0v) is 50.8. The second-order valence-electron chi connectivity index (χ2n) is 25.8. The Bertz CT molecular complexity index is 3600. The van der Waals surface area contributed by atoms with Crippen molar-refractivity contribution in [3.63, 3.8) is 0 Å². The van der Waals surface area contributed by atoms with Crippen molar-refractivity contribution < 1.29 is 46.8 Å². The lowest BCUT2D eigenvalue weighted by Gasteiger charge is -2.42. The van der Waals surface area contributed by atoms with E-state index in [9.17, 15) is 19.2 Å². The number of nitrogens with zero attached hydrogens (tertiary/aromatic N) is 10. The van der Waals surface area contributed by atoms with E-state index >= 15 is 8.78 Å². The largest absolute Gasteiger partial charge is 0.468 e. The molecule has 6 saturated heterocycles. The van der Waals surface area contributed by atoms with Crippen LogP contribution in [-0.2, 0) is 30.2 Å². The first-order valence-electron chi connectivity index (χ1n) is 30.9. The highest BCUT2D eigenvalue weighted by atomic mass is 19.1. The van der Waals surface area contributed by atoms with Crippen molar-refractivity contribution in [3.8, 4) is 23.0 Å². The van der Waals surface area contributed by atoms with Crippen LogP contribution in [0.3, 0.4) is 0 Å². The maximum Gasteiger partial charge on any atom is 0.410 e. The number of pyridine rings is 1. The van der Waals surface area contributed by atoms with Crippen molar-refractivity contribution in [2.75, 3.05) is 89.7 Å². The van der Waals surface area contributed by atoms with Crippen LogP contribution < -0.4 is 30.3 Å². The third kappa shape index (κ3) is 11.8. The Morgan fingerprint density at radius 1 is 0.849 bits per heavy atom. The van der Waals surface area contributed by atoms with E-state index < -0.39 is 29.2 Å². The summed E-state index contributed by atoms with van der Waals surface area (Å²) < 4.78 is 66.9. The maximum atomic E-state index is 17.7. The molecule has 0 spiro atoms. The highest BCUT2D eigenvalue weighted by Gasteiger charge is 2.46. The molecule has 5 atom stereocenters. The van der Waals surface area contributed by atoms with E-state index in [1.807, 2.05) is 52.5 Å². The second-order valence-corrected chi connectivity index (χ2v) is 25.8. The lowest BCUT2D eigenvalue weighted by molar-refractivity contribution is -0.135. The van der Waals surface area contributed by atoms with Crippen molar-refractivity contribution in [3.05, 3.63) is 76.3 Å². The lowest BCUT2D eigenvalue weighted by Crippen LogP contribution is -2.57. The number of aryl methyl sites for hydroxylation is 1. The van der Waals surface area contributed by atoms with E-state index in [4.69, 9.17) is 38.6 Å².